The van der Waals surface area contributed by atoms with Crippen molar-refractivity contribution >= 4 is 5.91 Å². The van der Waals surface area contributed by atoms with Crippen LogP contribution in [0.1, 0.15) is 46.8 Å². The maximum Gasteiger partial charge on any atom is 0.253 e. The minimum Gasteiger partial charge on any atom is -0.381 e. The topological polar surface area (TPSA) is 72.3 Å². The number of benzene rings is 1. The number of carbonyl (C=O) groups is 1. The zero-order valence-electron chi connectivity index (χ0n) is 18.2. The van der Waals surface area contributed by atoms with Crippen LogP contribution < -0.4 is 5.32 Å². The Morgan fingerprint density at radius 3 is 2.69 bits per heavy atom. The van der Waals surface area contributed by atoms with Crippen LogP contribution in [0.3, 0.4) is 0 Å². The fourth-order valence-electron chi connectivity index (χ4n) is 4.91. The molecule has 1 amide bonds. The van der Waals surface area contributed by atoms with Gasteiger partial charge in [-0.05, 0) is 50.1 Å². The summed E-state index contributed by atoms with van der Waals surface area (Å²) in [5.74, 6) is 0.262. The Balaban J connectivity index is 1.38. The van der Waals surface area contributed by atoms with E-state index in [0.717, 1.165) is 56.8 Å². The molecule has 0 radical (unpaired) electrons. The fraction of sp³-hybridized carbons (Fsp3) is 0.400. The minimum atomic E-state index is -0.119. The van der Waals surface area contributed by atoms with Crippen molar-refractivity contribution in [2.45, 2.75) is 37.8 Å². The number of hydrogen-bond acceptors (Lipinski definition) is 5. The summed E-state index contributed by atoms with van der Waals surface area (Å²) in [5.41, 5.74) is 3.90. The molecule has 0 bridgehead atoms. The molecule has 4 heterocycles. The zero-order chi connectivity index (χ0) is 21.8. The smallest absolute Gasteiger partial charge is 0.253 e. The molecule has 0 aliphatic carbocycles. The molecule has 0 unspecified atom stereocenters. The van der Waals surface area contributed by atoms with E-state index in [0.29, 0.717) is 24.1 Å². The quantitative estimate of drug-likeness (QED) is 0.649. The predicted molar refractivity (Wildman–Crippen MR) is 122 cm³/mol. The maximum atomic E-state index is 12.6. The number of nitrogens with one attached hydrogen (secondary N) is 1. The molecular weight excluding hydrogens is 402 g/mol. The minimum absolute atomic E-state index is 0.119. The number of para-hydroxylation sites is 1. The van der Waals surface area contributed by atoms with Crippen LogP contribution in [0.25, 0.3) is 5.69 Å². The highest BCUT2D eigenvalue weighted by molar-refractivity contribution is 5.93. The number of amides is 1. The lowest BCUT2D eigenvalue weighted by Crippen LogP contribution is -2.37. The molecule has 5 rings (SSSR count). The summed E-state index contributed by atoms with van der Waals surface area (Å²) < 4.78 is 7.62. The summed E-state index contributed by atoms with van der Waals surface area (Å²) >= 11 is 0. The van der Waals surface area contributed by atoms with E-state index in [4.69, 9.17) is 9.84 Å². The van der Waals surface area contributed by atoms with Gasteiger partial charge in [0.05, 0.1) is 23.1 Å². The van der Waals surface area contributed by atoms with Gasteiger partial charge in [-0.2, -0.15) is 5.10 Å². The van der Waals surface area contributed by atoms with Crippen molar-refractivity contribution in [1.29, 1.82) is 0 Å². The number of aromatic nitrogens is 3. The van der Waals surface area contributed by atoms with Crippen molar-refractivity contribution in [3.8, 4) is 5.69 Å². The first kappa shape index (κ1) is 20.8. The molecule has 7 nitrogen and oxygen atoms in total. The number of pyridine rings is 1. The van der Waals surface area contributed by atoms with Gasteiger partial charge in [0.1, 0.15) is 0 Å². The molecule has 3 aromatic rings. The third-order valence-corrected chi connectivity index (χ3v) is 6.56. The number of hydrogen-bond donors (Lipinski definition) is 1. The van der Waals surface area contributed by atoms with Crippen molar-refractivity contribution < 1.29 is 9.53 Å². The van der Waals surface area contributed by atoms with E-state index >= 15 is 0 Å². The van der Waals surface area contributed by atoms with Gasteiger partial charge >= 0.3 is 0 Å². The van der Waals surface area contributed by atoms with Gasteiger partial charge in [0.2, 0.25) is 0 Å². The number of ether oxygens (including phenoxy) is 1. The van der Waals surface area contributed by atoms with Crippen LogP contribution in [0, 0.1) is 0 Å². The Labute approximate surface area is 188 Å². The first-order valence-corrected chi connectivity index (χ1v) is 11.4. The molecule has 32 heavy (non-hydrogen) atoms. The fourth-order valence-corrected chi connectivity index (χ4v) is 4.91. The number of likely N-dealkylation sites (tertiary alicyclic amines) is 1. The number of rotatable bonds is 6. The van der Waals surface area contributed by atoms with Gasteiger partial charge in [-0.15, -0.1) is 0 Å². The first-order chi connectivity index (χ1) is 15.8. The highest BCUT2D eigenvalue weighted by Gasteiger charge is 2.33. The van der Waals surface area contributed by atoms with Gasteiger partial charge in [-0.1, -0.05) is 18.2 Å². The van der Waals surface area contributed by atoms with Gasteiger partial charge < -0.3 is 10.1 Å². The molecule has 0 saturated carbocycles. The molecule has 0 spiro atoms. The third-order valence-electron chi connectivity index (χ3n) is 6.56. The highest BCUT2D eigenvalue weighted by atomic mass is 16.5. The summed E-state index contributed by atoms with van der Waals surface area (Å²) in [4.78, 5) is 19.3. The molecule has 2 aliphatic heterocycles. The highest BCUT2D eigenvalue weighted by Crippen LogP contribution is 2.33. The molecule has 7 heteroatoms. The normalized spacial score (nSPS) is 19.8. The largest absolute Gasteiger partial charge is 0.381 e. The molecule has 2 aliphatic rings. The summed E-state index contributed by atoms with van der Waals surface area (Å²) in [6.07, 6.45) is 8.48. The van der Waals surface area contributed by atoms with E-state index in [2.05, 4.69) is 32.0 Å². The van der Waals surface area contributed by atoms with Crippen molar-refractivity contribution in [3.05, 3.63) is 77.9 Å². The van der Waals surface area contributed by atoms with Crippen molar-refractivity contribution in [2.75, 3.05) is 26.3 Å². The molecule has 2 fully saturated rings. The van der Waals surface area contributed by atoms with Gasteiger partial charge in [-0.25, -0.2) is 4.68 Å². The van der Waals surface area contributed by atoms with E-state index in [1.807, 2.05) is 24.4 Å². The van der Waals surface area contributed by atoms with Crippen molar-refractivity contribution in [3.63, 3.8) is 0 Å². The Bertz CT molecular complexity index is 1030. The van der Waals surface area contributed by atoms with Crippen LogP contribution in [0.2, 0.25) is 0 Å². The second kappa shape index (κ2) is 9.63. The molecular formula is C25H29N5O2. The van der Waals surface area contributed by atoms with E-state index in [1.54, 1.807) is 24.5 Å². The van der Waals surface area contributed by atoms with E-state index < -0.39 is 0 Å². The van der Waals surface area contributed by atoms with Crippen LogP contribution in [-0.4, -0.2) is 57.9 Å². The van der Waals surface area contributed by atoms with Crippen LogP contribution in [0.15, 0.2) is 61.1 Å². The molecule has 1 aromatic carbocycles. The summed E-state index contributed by atoms with van der Waals surface area (Å²) in [7, 11) is 0. The second-order valence-corrected chi connectivity index (χ2v) is 8.55. The summed E-state index contributed by atoms with van der Waals surface area (Å²) in [6, 6.07) is 14.4. The molecule has 1 atom stereocenters. The van der Waals surface area contributed by atoms with Crippen LogP contribution in [0.5, 0.6) is 0 Å². The Hall–Kier alpha value is -3.03. The van der Waals surface area contributed by atoms with Gasteiger partial charge in [0.25, 0.3) is 5.91 Å². The Morgan fingerprint density at radius 2 is 1.91 bits per heavy atom. The molecule has 166 valence electrons. The average molecular weight is 432 g/mol. The third kappa shape index (κ3) is 4.45. The van der Waals surface area contributed by atoms with Gasteiger partial charge in [0.15, 0.2) is 0 Å². The van der Waals surface area contributed by atoms with Crippen molar-refractivity contribution in [2.24, 2.45) is 0 Å². The first-order valence-electron chi connectivity index (χ1n) is 11.4. The Kier molecular flexibility index (Phi) is 6.27. The summed E-state index contributed by atoms with van der Waals surface area (Å²) in [6.45, 7) is 4.28. The number of nitrogens with zero attached hydrogens (tertiary/aromatic N) is 4. The van der Waals surface area contributed by atoms with Crippen LogP contribution in [0.4, 0.5) is 0 Å². The van der Waals surface area contributed by atoms with E-state index in [1.165, 1.54) is 5.69 Å². The number of carbonyl (C=O) groups excluding carboxylic acids is 1. The second-order valence-electron chi connectivity index (χ2n) is 8.55. The molecule has 2 aromatic heterocycles. The standard InChI is InChI=1S/C25H29N5O2/c31-25(19-5-4-11-26-15-19)27-16-21-17-28-30(23-6-2-1-3-7-23)24(21)20-8-12-29(18-20)22-9-13-32-14-10-22/h1-7,11,15,17,20,22H,8-10,12-14,16,18H2,(H,27,31)/t20-/m1/s1. The van der Waals surface area contributed by atoms with Crippen molar-refractivity contribution in [1.82, 2.24) is 25.0 Å². The summed E-state index contributed by atoms with van der Waals surface area (Å²) in [5, 5.41) is 7.79. The van der Waals surface area contributed by atoms with Gasteiger partial charge in [0, 0.05) is 56.2 Å². The zero-order valence-corrected chi connectivity index (χ0v) is 18.2. The molecule has 1 N–H and O–H groups in total. The average Bonchev–Trinajstić information content (AvgIpc) is 3.51. The van der Waals surface area contributed by atoms with E-state index in [-0.39, 0.29) is 5.91 Å². The SMILES string of the molecule is O=C(NCc1cnn(-c2ccccc2)c1[C@@H]1CCN(C2CCOCC2)C1)c1cccnc1. The molecule has 2 saturated heterocycles. The van der Waals surface area contributed by atoms with E-state index in [9.17, 15) is 4.79 Å². The van der Waals surface area contributed by atoms with Crippen LogP contribution >= 0.6 is 0 Å². The van der Waals surface area contributed by atoms with Crippen LogP contribution in [-0.2, 0) is 11.3 Å². The lowest BCUT2D eigenvalue weighted by Gasteiger charge is -2.31. The lowest BCUT2D eigenvalue weighted by atomic mass is 10.00. The Morgan fingerprint density at radius 1 is 1.06 bits per heavy atom. The predicted octanol–water partition coefficient (Wildman–Crippen LogP) is 3.17. The van der Waals surface area contributed by atoms with Gasteiger partial charge in [-0.3, -0.25) is 14.7 Å². The maximum absolute atomic E-state index is 12.6. The lowest BCUT2D eigenvalue weighted by molar-refractivity contribution is 0.0419. The monoisotopic (exact) mass is 431 g/mol.